The first kappa shape index (κ1) is 19.7. The van der Waals surface area contributed by atoms with E-state index in [9.17, 15) is 9.59 Å². The van der Waals surface area contributed by atoms with Gasteiger partial charge in [0.25, 0.3) is 5.91 Å². The third-order valence-electron chi connectivity index (χ3n) is 4.58. The van der Waals surface area contributed by atoms with Crippen LogP contribution in [0, 0.1) is 5.92 Å². The smallest absolute Gasteiger partial charge is 0.255 e. The minimum Gasteiger partial charge on any atom is -0.326 e. The lowest BCUT2D eigenvalue weighted by molar-refractivity contribution is -0.120. The van der Waals surface area contributed by atoms with Crippen molar-refractivity contribution in [3.05, 3.63) is 59.7 Å². The van der Waals surface area contributed by atoms with Gasteiger partial charge in [-0.05, 0) is 48.6 Å². The van der Waals surface area contributed by atoms with Crippen molar-refractivity contribution in [3.63, 3.8) is 0 Å². The number of para-hydroxylation sites is 1. The van der Waals surface area contributed by atoms with Crippen LogP contribution >= 0.6 is 0 Å². The van der Waals surface area contributed by atoms with E-state index in [4.69, 9.17) is 0 Å². The summed E-state index contributed by atoms with van der Waals surface area (Å²) in [5.41, 5.74) is 3.08. The van der Waals surface area contributed by atoms with Crippen LogP contribution in [0.4, 0.5) is 11.4 Å². The van der Waals surface area contributed by atoms with Crippen molar-refractivity contribution in [2.45, 2.75) is 46.5 Å². The highest BCUT2D eigenvalue weighted by atomic mass is 16.2. The van der Waals surface area contributed by atoms with E-state index in [0.29, 0.717) is 17.2 Å². The minimum atomic E-state index is -0.184. The lowest BCUT2D eigenvalue weighted by Crippen LogP contribution is -2.22. The highest BCUT2D eigenvalue weighted by Crippen LogP contribution is 2.24. The number of anilines is 2. The van der Waals surface area contributed by atoms with Gasteiger partial charge < -0.3 is 10.6 Å². The molecule has 26 heavy (non-hydrogen) atoms. The molecule has 0 aliphatic heterocycles. The van der Waals surface area contributed by atoms with Gasteiger partial charge in [0.1, 0.15) is 0 Å². The molecule has 138 valence electrons. The molecule has 0 aliphatic carbocycles. The first-order chi connectivity index (χ1) is 12.5. The standard InChI is InChI=1S/C22H28N2O2/c1-5-16(6-2)21(25)23-18-11-9-10-17(14-18)22(26)24-20-13-8-7-12-19(20)15(3)4/h7-16H,5-6H2,1-4H3,(H,23,25)(H,24,26). The maximum atomic E-state index is 12.6. The Morgan fingerprint density at radius 2 is 1.62 bits per heavy atom. The van der Waals surface area contributed by atoms with E-state index >= 15 is 0 Å². The van der Waals surface area contributed by atoms with E-state index in [2.05, 4.69) is 24.5 Å². The van der Waals surface area contributed by atoms with E-state index in [0.717, 1.165) is 24.1 Å². The lowest BCUT2D eigenvalue weighted by atomic mass is 10.0. The van der Waals surface area contributed by atoms with E-state index in [1.165, 1.54) is 0 Å². The third-order valence-corrected chi connectivity index (χ3v) is 4.58. The first-order valence-electron chi connectivity index (χ1n) is 9.27. The number of carbonyl (C=O) groups is 2. The second kappa shape index (κ2) is 9.18. The monoisotopic (exact) mass is 352 g/mol. The maximum absolute atomic E-state index is 12.6. The molecule has 4 heteroatoms. The molecule has 0 aliphatic rings. The van der Waals surface area contributed by atoms with Crippen molar-refractivity contribution in [2.75, 3.05) is 10.6 Å². The molecule has 0 unspecified atom stereocenters. The summed E-state index contributed by atoms with van der Waals surface area (Å²) in [6, 6.07) is 14.9. The molecule has 2 aromatic rings. The fraction of sp³-hybridized carbons (Fsp3) is 0.364. The molecule has 2 aromatic carbocycles. The average Bonchev–Trinajstić information content (AvgIpc) is 2.63. The Bertz CT molecular complexity index is 764. The molecule has 4 nitrogen and oxygen atoms in total. The van der Waals surface area contributed by atoms with E-state index < -0.39 is 0 Å². The van der Waals surface area contributed by atoms with Crippen LogP contribution in [0.3, 0.4) is 0 Å². The van der Waals surface area contributed by atoms with Crippen LogP contribution < -0.4 is 10.6 Å². The number of benzene rings is 2. The van der Waals surface area contributed by atoms with Gasteiger partial charge in [0.05, 0.1) is 0 Å². The Kier molecular flexibility index (Phi) is 6.96. The molecular weight excluding hydrogens is 324 g/mol. The topological polar surface area (TPSA) is 58.2 Å². The molecule has 0 fully saturated rings. The summed E-state index contributed by atoms with van der Waals surface area (Å²) < 4.78 is 0. The first-order valence-corrected chi connectivity index (χ1v) is 9.27. The van der Waals surface area contributed by atoms with Crippen LogP contribution in [-0.2, 0) is 4.79 Å². The van der Waals surface area contributed by atoms with Gasteiger partial charge in [-0.1, -0.05) is 52.0 Å². The van der Waals surface area contributed by atoms with Gasteiger partial charge in [0, 0.05) is 22.9 Å². The summed E-state index contributed by atoms with van der Waals surface area (Å²) in [5.74, 6) is 0.122. The molecule has 0 bridgehead atoms. The van der Waals surface area contributed by atoms with Crippen molar-refractivity contribution in [1.82, 2.24) is 0 Å². The highest BCUT2D eigenvalue weighted by Gasteiger charge is 2.15. The Hall–Kier alpha value is -2.62. The molecule has 0 atom stereocenters. The summed E-state index contributed by atoms with van der Waals surface area (Å²) >= 11 is 0. The van der Waals surface area contributed by atoms with Crippen LogP contribution in [0.1, 0.15) is 62.4 Å². The largest absolute Gasteiger partial charge is 0.326 e. The summed E-state index contributed by atoms with van der Waals surface area (Å²) in [7, 11) is 0. The third kappa shape index (κ3) is 4.94. The fourth-order valence-corrected chi connectivity index (χ4v) is 2.95. The predicted molar refractivity (Wildman–Crippen MR) is 108 cm³/mol. The number of hydrogen-bond acceptors (Lipinski definition) is 2. The van der Waals surface area contributed by atoms with Crippen LogP contribution in [-0.4, -0.2) is 11.8 Å². The van der Waals surface area contributed by atoms with Gasteiger partial charge in [0.15, 0.2) is 0 Å². The molecule has 2 N–H and O–H groups in total. The van der Waals surface area contributed by atoms with E-state index in [1.54, 1.807) is 24.3 Å². The Morgan fingerprint density at radius 3 is 2.27 bits per heavy atom. The summed E-state index contributed by atoms with van der Waals surface area (Å²) in [4.78, 5) is 24.9. The van der Waals surface area contributed by atoms with Gasteiger partial charge >= 0.3 is 0 Å². The minimum absolute atomic E-state index is 0.00212. The number of amides is 2. The maximum Gasteiger partial charge on any atom is 0.255 e. The number of nitrogens with one attached hydrogen (secondary N) is 2. The fourth-order valence-electron chi connectivity index (χ4n) is 2.95. The van der Waals surface area contributed by atoms with E-state index in [1.807, 2.05) is 38.1 Å². The molecule has 2 rings (SSSR count). The Morgan fingerprint density at radius 1 is 0.923 bits per heavy atom. The average molecular weight is 352 g/mol. The van der Waals surface area contributed by atoms with Crippen molar-refractivity contribution < 1.29 is 9.59 Å². The normalized spacial score (nSPS) is 10.8. The summed E-state index contributed by atoms with van der Waals surface area (Å²) in [6.45, 7) is 8.20. The molecular formula is C22H28N2O2. The molecule has 0 saturated heterocycles. The molecule has 0 aromatic heterocycles. The zero-order valence-electron chi connectivity index (χ0n) is 16.0. The van der Waals surface area contributed by atoms with Gasteiger partial charge in [-0.25, -0.2) is 0 Å². The van der Waals surface area contributed by atoms with Crippen molar-refractivity contribution in [1.29, 1.82) is 0 Å². The van der Waals surface area contributed by atoms with Crippen LogP contribution in [0.25, 0.3) is 0 Å². The molecule has 0 radical (unpaired) electrons. The lowest BCUT2D eigenvalue weighted by Gasteiger charge is -2.15. The van der Waals surface area contributed by atoms with Crippen molar-refractivity contribution in [3.8, 4) is 0 Å². The second-order valence-electron chi connectivity index (χ2n) is 6.78. The quantitative estimate of drug-likeness (QED) is 0.697. The molecule has 2 amide bonds. The predicted octanol–water partition coefficient (Wildman–Crippen LogP) is 5.44. The number of carbonyl (C=O) groups excluding carboxylic acids is 2. The van der Waals surface area contributed by atoms with Gasteiger partial charge in [-0.2, -0.15) is 0 Å². The van der Waals surface area contributed by atoms with Crippen molar-refractivity contribution in [2.24, 2.45) is 5.92 Å². The number of hydrogen-bond donors (Lipinski definition) is 2. The summed E-state index contributed by atoms with van der Waals surface area (Å²) in [5, 5.41) is 5.90. The molecule has 0 saturated carbocycles. The van der Waals surface area contributed by atoms with E-state index in [-0.39, 0.29) is 17.7 Å². The number of rotatable bonds is 7. The second-order valence-corrected chi connectivity index (χ2v) is 6.78. The van der Waals surface area contributed by atoms with Gasteiger partial charge in [-0.3, -0.25) is 9.59 Å². The van der Waals surface area contributed by atoms with Crippen LogP contribution in [0.2, 0.25) is 0 Å². The van der Waals surface area contributed by atoms with Gasteiger partial charge in [0.2, 0.25) is 5.91 Å². The van der Waals surface area contributed by atoms with Crippen molar-refractivity contribution >= 4 is 23.2 Å². The van der Waals surface area contributed by atoms with Crippen LogP contribution in [0.5, 0.6) is 0 Å². The van der Waals surface area contributed by atoms with Gasteiger partial charge in [-0.15, -0.1) is 0 Å². The zero-order chi connectivity index (χ0) is 19.1. The summed E-state index contributed by atoms with van der Waals surface area (Å²) in [6.07, 6.45) is 1.60. The molecule has 0 spiro atoms. The van der Waals surface area contributed by atoms with Crippen LogP contribution in [0.15, 0.2) is 48.5 Å². The Labute approximate surface area is 156 Å². The highest BCUT2D eigenvalue weighted by molar-refractivity contribution is 6.05. The SMILES string of the molecule is CCC(CC)C(=O)Nc1cccc(C(=O)Nc2ccccc2C(C)C)c1. The molecule has 0 heterocycles. The Balaban J connectivity index is 2.15. The zero-order valence-corrected chi connectivity index (χ0v) is 16.0.